The van der Waals surface area contributed by atoms with Crippen LogP contribution in [0.3, 0.4) is 0 Å². The standard InChI is InChI=1S/C19H17NO6S/c1-24-14-7-8-17-16(11-14)18-15(9-10-20(18)27(22,23)26-17)19(21)25-12-13-5-3-2-4-6-13/h2-9,11,18H,10,12H2,1H3. The van der Waals surface area contributed by atoms with E-state index < -0.39 is 22.3 Å². The Morgan fingerprint density at radius 1 is 1.22 bits per heavy atom. The van der Waals surface area contributed by atoms with Gasteiger partial charge in [0.2, 0.25) is 0 Å². The number of carbonyl (C=O) groups excluding carboxylic acids is 1. The number of carbonyl (C=O) groups is 1. The van der Waals surface area contributed by atoms with Gasteiger partial charge in [0.15, 0.2) is 0 Å². The molecule has 0 radical (unpaired) electrons. The third-order valence-electron chi connectivity index (χ3n) is 4.52. The second-order valence-electron chi connectivity index (χ2n) is 6.14. The van der Waals surface area contributed by atoms with Crippen LogP contribution in [-0.4, -0.2) is 32.3 Å². The third kappa shape index (κ3) is 3.17. The molecule has 2 heterocycles. The van der Waals surface area contributed by atoms with Crippen molar-refractivity contribution in [1.82, 2.24) is 4.31 Å². The minimum Gasteiger partial charge on any atom is -0.497 e. The van der Waals surface area contributed by atoms with Crippen molar-refractivity contribution >= 4 is 16.3 Å². The Morgan fingerprint density at radius 2 is 2.00 bits per heavy atom. The van der Waals surface area contributed by atoms with Crippen LogP contribution in [0.5, 0.6) is 11.5 Å². The van der Waals surface area contributed by atoms with Crippen LogP contribution in [0.1, 0.15) is 17.2 Å². The van der Waals surface area contributed by atoms with E-state index in [0.29, 0.717) is 11.3 Å². The number of methoxy groups -OCH3 is 1. The summed E-state index contributed by atoms with van der Waals surface area (Å²) >= 11 is 0. The second kappa shape index (κ2) is 6.71. The molecule has 1 unspecified atom stereocenters. The van der Waals surface area contributed by atoms with Crippen LogP contribution in [0.4, 0.5) is 0 Å². The summed E-state index contributed by atoms with van der Waals surface area (Å²) in [6, 6.07) is 13.3. The van der Waals surface area contributed by atoms with Gasteiger partial charge in [0, 0.05) is 12.1 Å². The van der Waals surface area contributed by atoms with Gasteiger partial charge in [-0.05, 0) is 23.8 Å². The molecule has 2 aromatic rings. The van der Waals surface area contributed by atoms with E-state index in [1.54, 1.807) is 18.2 Å². The maximum absolute atomic E-state index is 12.7. The molecular weight excluding hydrogens is 370 g/mol. The molecule has 2 aromatic carbocycles. The van der Waals surface area contributed by atoms with Crippen LogP contribution in [0.2, 0.25) is 0 Å². The Balaban J connectivity index is 1.64. The van der Waals surface area contributed by atoms with Crippen LogP contribution in [0.25, 0.3) is 0 Å². The van der Waals surface area contributed by atoms with Crippen LogP contribution in [0.15, 0.2) is 60.2 Å². The zero-order valence-electron chi connectivity index (χ0n) is 14.5. The summed E-state index contributed by atoms with van der Waals surface area (Å²) in [6.45, 7) is 0.150. The van der Waals surface area contributed by atoms with Crippen molar-refractivity contribution in [2.75, 3.05) is 13.7 Å². The lowest BCUT2D eigenvalue weighted by Gasteiger charge is -2.31. The van der Waals surface area contributed by atoms with Crippen LogP contribution < -0.4 is 8.92 Å². The Labute approximate surface area is 157 Å². The minimum atomic E-state index is -3.99. The molecule has 0 amide bonds. The maximum atomic E-state index is 12.7. The molecule has 0 saturated carbocycles. The first-order valence-electron chi connectivity index (χ1n) is 8.30. The monoisotopic (exact) mass is 387 g/mol. The molecule has 1 atom stereocenters. The van der Waals surface area contributed by atoms with Crippen LogP contribution in [-0.2, 0) is 26.4 Å². The predicted molar refractivity (Wildman–Crippen MR) is 96.3 cm³/mol. The zero-order chi connectivity index (χ0) is 19.0. The predicted octanol–water partition coefficient (Wildman–Crippen LogP) is 2.36. The molecule has 0 saturated heterocycles. The van der Waals surface area contributed by atoms with Crippen molar-refractivity contribution in [1.29, 1.82) is 0 Å². The molecule has 27 heavy (non-hydrogen) atoms. The molecule has 4 rings (SSSR count). The highest BCUT2D eigenvalue weighted by molar-refractivity contribution is 7.84. The van der Waals surface area contributed by atoms with Crippen molar-refractivity contribution in [3.05, 3.63) is 71.3 Å². The summed E-state index contributed by atoms with van der Waals surface area (Å²) in [4.78, 5) is 12.7. The molecule has 0 bridgehead atoms. The average molecular weight is 387 g/mol. The van der Waals surface area contributed by atoms with E-state index in [-0.39, 0.29) is 24.5 Å². The fourth-order valence-corrected chi connectivity index (χ4v) is 4.43. The molecule has 2 aliphatic rings. The Hall–Kier alpha value is -2.84. The van der Waals surface area contributed by atoms with Crippen molar-refractivity contribution in [3.8, 4) is 11.5 Å². The molecule has 2 aliphatic heterocycles. The Bertz CT molecular complexity index is 1020. The molecule has 8 heteroatoms. The molecule has 0 spiro atoms. The van der Waals surface area contributed by atoms with E-state index >= 15 is 0 Å². The van der Waals surface area contributed by atoms with Crippen molar-refractivity contribution < 1.29 is 26.9 Å². The lowest BCUT2D eigenvalue weighted by Crippen LogP contribution is -2.40. The SMILES string of the molecule is COc1ccc2c(c1)C1C(C(=O)OCc3ccccc3)=CCN1S(=O)(=O)O2. The van der Waals surface area contributed by atoms with Gasteiger partial charge in [0.25, 0.3) is 0 Å². The number of ether oxygens (including phenoxy) is 2. The van der Waals surface area contributed by atoms with Crippen LogP contribution in [0, 0.1) is 0 Å². The van der Waals surface area contributed by atoms with E-state index in [0.717, 1.165) is 9.87 Å². The highest BCUT2D eigenvalue weighted by Crippen LogP contribution is 2.45. The van der Waals surface area contributed by atoms with Crippen molar-refractivity contribution in [2.45, 2.75) is 12.6 Å². The van der Waals surface area contributed by atoms with Gasteiger partial charge in [0.05, 0.1) is 18.7 Å². The lowest BCUT2D eigenvalue weighted by molar-refractivity contribution is -0.140. The molecule has 140 valence electrons. The summed E-state index contributed by atoms with van der Waals surface area (Å²) in [5, 5.41) is 0. The fraction of sp³-hybridized carbons (Fsp3) is 0.211. The van der Waals surface area contributed by atoms with Crippen molar-refractivity contribution in [3.63, 3.8) is 0 Å². The Morgan fingerprint density at radius 3 is 2.74 bits per heavy atom. The molecular formula is C19H17NO6S. The highest BCUT2D eigenvalue weighted by Gasteiger charge is 2.46. The summed E-state index contributed by atoms with van der Waals surface area (Å²) < 4.78 is 41.7. The van der Waals surface area contributed by atoms with E-state index in [9.17, 15) is 13.2 Å². The first-order valence-corrected chi connectivity index (χ1v) is 9.66. The van der Waals surface area contributed by atoms with Gasteiger partial charge in [0.1, 0.15) is 18.1 Å². The van der Waals surface area contributed by atoms with Gasteiger partial charge in [-0.3, -0.25) is 0 Å². The minimum absolute atomic E-state index is 0.0411. The number of hydrogen-bond acceptors (Lipinski definition) is 6. The first-order chi connectivity index (χ1) is 13.0. The number of esters is 1. The molecule has 7 nitrogen and oxygen atoms in total. The first kappa shape index (κ1) is 17.6. The summed E-state index contributed by atoms with van der Waals surface area (Å²) in [5.41, 5.74) is 1.67. The number of hydrogen-bond donors (Lipinski definition) is 0. The summed E-state index contributed by atoms with van der Waals surface area (Å²) in [7, 11) is -2.48. The van der Waals surface area contributed by atoms with E-state index in [2.05, 4.69) is 0 Å². The quantitative estimate of drug-likeness (QED) is 0.749. The fourth-order valence-electron chi connectivity index (χ4n) is 3.21. The maximum Gasteiger partial charge on any atom is 0.386 e. The smallest absolute Gasteiger partial charge is 0.386 e. The summed E-state index contributed by atoms with van der Waals surface area (Å²) in [6.07, 6.45) is 1.56. The molecule has 0 aliphatic carbocycles. The van der Waals surface area contributed by atoms with Crippen molar-refractivity contribution in [2.24, 2.45) is 0 Å². The third-order valence-corrected chi connectivity index (χ3v) is 5.84. The normalized spacial score (nSPS) is 20.0. The van der Waals surface area contributed by atoms with E-state index in [4.69, 9.17) is 13.7 Å². The van der Waals surface area contributed by atoms with Gasteiger partial charge in [-0.25, -0.2) is 4.79 Å². The van der Waals surface area contributed by atoms with Gasteiger partial charge < -0.3 is 13.7 Å². The number of nitrogens with zero attached hydrogens (tertiary/aromatic N) is 1. The number of benzene rings is 2. The Kier molecular flexibility index (Phi) is 4.37. The van der Waals surface area contributed by atoms with Crippen LogP contribution >= 0.6 is 0 Å². The largest absolute Gasteiger partial charge is 0.497 e. The number of fused-ring (bicyclic) bond motifs is 3. The summed E-state index contributed by atoms with van der Waals surface area (Å²) in [5.74, 6) is 0.165. The van der Waals surface area contributed by atoms with Gasteiger partial charge in [-0.1, -0.05) is 36.4 Å². The average Bonchev–Trinajstić information content (AvgIpc) is 3.13. The number of rotatable bonds is 4. The highest BCUT2D eigenvalue weighted by atomic mass is 32.2. The molecule has 0 aromatic heterocycles. The zero-order valence-corrected chi connectivity index (χ0v) is 15.3. The van der Waals surface area contributed by atoms with Gasteiger partial charge in [-0.15, -0.1) is 0 Å². The molecule has 0 fully saturated rings. The topological polar surface area (TPSA) is 82.1 Å². The molecule has 0 N–H and O–H groups in total. The van der Waals surface area contributed by atoms with E-state index in [1.807, 2.05) is 30.3 Å². The second-order valence-corrected chi connectivity index (χ2v) is 7.63. The lowest BCUT2D eigenvalue weighted by atomic mass is 9.99. The van der Waals surface area contributed by atoms with Gasteiger partial charge in [-0.2, -0.15) is 12.7 Å². The van der Waals surface area contributed by atoms with Gasteiger partial charge >= 0.3 is 16.3 Å². The van der Waals surface area contributed by atoms with E-state index in [1.165, 1.54) is 13.2 Å².